The first-order chi connectivity index (χ1) is 19.3. The maximum atomic E-state index is 6.63. The van der Waals surface area contributed by atoms with Crippen molar-refractivity contribution in [3.8, 4) is 0 Å². The molecule has 1 unspecified atom stereocenters. The topological polar surface area (TPSA) is 165 Å². The third kappa shape index (κ3) is 12.2. The second-order valence-electron chi connectivity index (χ2n) is 9.03. The Bertz CT molecular complexity index is 672. The molecule has 0 saturated carbocycles. The number of nitrogens with zero attached hydrogens (tertiary/aromatic N) is 4. The zero-order valence-electron chi connectivity index (χ0n) is 25.9. The molecule has 0 aromatic rings. The summed E-state index contributed by atoms with van der Waals surface area (Å²) in [5.41, 5.74) is 18.4. The van der Waals surface area contributed by atoms with E-state index in [-0.39, 0.29) is 0 Å². The Morgan fingerprint density at radius 2 is 1.10 bits per heavy atom. The average Bonchev–Trinajstić information content (AvgIpc) is 2.89. The van der Waals surface area contributed by atoms with Gasteiger partial charge in [0, 0.05) is 77.7 Å². The molecule has 0 bridgehead atoms. The maximum Gasteiger partial charge on any atom is 0.500 e. The van der Waals surface area contributed by atoms with Crippen molar-refractivity contribution in [3.05, 3.63) is 0 Å². The first-order valence-electron chi connectivity index (χ1n) is 15.0. The van der Waals surface area contributed by atoms with E-state index >= 15 is 0 Å². The fourth-order valence-corrected chi connectivity index (χ4v) is 9.94. The van der Waals surface area contributed by atoms with Crippen LogP contribution < -0.4 is 17.2 Å². The molecule has 1 aliphatic heterocycles. The van der Waals surface area contributed by atoms with Gasteiger partial charge in [-0.25, -0.2) is 15.0 Å². The molecule has 1 rings (SSSR count). The van der Waals surface area contributed by atoms with E-state index in [0.717, 1.165) is 18.7 Å². The van der Waals surface area contributed by atoms with Crippen molar-refractivity contribution in [3.63, 3.8) is 0 Å². The minimum Gasteiger partial charge on any atom is -0.374 e. The Hall–Kier alpha value is -0.826. The summed E-state index contributed by atoms with van der Waals surface area (Å²) in [6, 6.07) is 1.37. The van der Waals surface area contributed by atoms with Gasteiger partial charge in [0.15, 0.2) is 6.29 Å². The molecule has 0 amide bonds. The van der Waals surface area contributed by atoms with Gasteiger partial charge in [0.1, 0.15) is 11.7 Å². The molecular weight excluding hydrogens is 550 g/mol. The summed E-state index contributed by atoms with van der Waals surface area (Å²) in [7, 11) is -5.59. The van der Waals surface area contributed by atoms with E-state index in [2.05, 4.69) is 10.0 Å². The zero-order valence-corrected chi connectivity index (χ0v) is 27.9. The van der Waals surface area contributed by atoms with Crippen LogP contribution in [0.5, 0.6) is 0 Å². The minimum atomic E-state index is -2.80. The second-order valence-corrected chi connectivity index (χ2v) is 14.5. The van der Waals surface area contributed by atoms with Crippen LogP contribution in [0.2, 0.25) is 12.1 Å². The third-order valence-corrected chi connectivity index (χ3v) is 12.4. The standard InChI is InChI=1S/C25H57N7O6Si2/c1-7-33-39(34-8-2,35-9-3)21-13-19-31(20-14-22-40(36-10-4,37-11-5)38-12-6)32-24(16-18-27)29-23(15-17-26)30-25(32)28/h25H,7-22,26-28H2,1-6H3. The normalized spacial score (nSPS) is 16.6. The van der Waals surface area contributed by atoms with Crippen LogP contribution in [0.4, 0.5) is 0 Å². The fraction of sp³-hybridized carbons (Fsp3) is 0.920. The number of amidine groups is 2. The van der Waals surface area contributed by atoms with Crippen molar-refractivity contribution >= 4 is 29.3 Å². The SMILES string of the molecule is CCO[Si](CCCN(CCC[Si](OCC)(OCC)OCC)N1C(CCN)=NC(CCN)=NC1N)(OCC)OCC. The highest BCUT2D eigenvalue weighted by Gasteiger charge is 2.42. The van der Waals surface area contributed by atoms with Crippen molar-refractivity contribution in [2.24, 2.45) is 27.2 Å². The van der Waals surface area contributed by atoms with Crippen LogP contribution in [0, 0.1) is 0 Å². The largest absolute Gasteiger partial charge is 0.500 e. The highest BCUT2D eigenvalue weighted by Crippen LogP contribution is 2.23. The van der Waals surface area contributed by atoms with Crippen LogP contribution >= 0.6 is 0 Å². The molecule has 1 aliphatic rings. The van der Waals surface area contributed by atoms with Gasteiger partial charge in [-0.1, -0.05) is 0 Å². The molecule has 0 radical (unpaired) electrons. The summed E-state index contributed by atoms with van der Waals surface area (Å²) in [6.07, 6.45) is 2.05. The van der Waals surface area contributed by atoms with Crippen LogP contribution in [0.3, 0.4) is 0 Å². The molecule has 6 N–H and O–H groups in total. The van der Waals surface area contributed by atoms with E-state index in [4.69, 9.17) is 48.7 Å². The Morgan fingerprint density at radius 1 is 0.700 bits per heavy atom. The molecule has 0 aliphatic carbocycles. The van der Waals surface area contributed by atoms with Crippen LogP contribution in [0.15, 0.2) is 9.98 Å². The first kappa shape index (κ1) is 37.2. The van der Waals surface area contributed by atoms with Gasteiger partial charge in [-0.3, -0.25) is 10.7 Å². The number of rotatable bonds is 25. The summed E-state index contributed by atoms with van der Waals surface area (Å²) in [6.45, 7) is 17.3. The van der Waals surface area contributed by atoms with Crippen LogP contribution in [0.25, 0.3) is 0 Å². The fourth-order valence-electron chi connectivity index (χ4n) is 4.75. The van der Waals surface area contributed by atoms with Gasteiger partial charge in [0.25, 0.3) is 0 Å². The quantitative estimate of drug-likeness (QED) is 0.130. The minimum absolute atomic E-state index is 0.440. The van der Waals surface area contributed by atoms with Gasteiger partial charge in [0.2, 0.25) is 0 Å². The lowest BCUT2D eigenvalue weighted by Gasteiger charge is -2.42. The van der Waals surface area contributed by atoms with Gasteiger partial charge in [-0.15, -0.1) is 0 Å². The van der Waals surface area contributed by atoms with Gasteiger partial charge < -0.3 is 38.0 Å². The van der Waals surface area contributed by atoms with E-state index in [9.17, 15) is 0 Å². The number of hydrogen-bond acceptors (Lipinski definition) is 13. The van der Waals surface area contributed by atoms with E-state index in [1.165, 1.54) is 0 Å². The van der Waals surface area contributed by atoms with Gasteiger partial charge >= 0.3 is 17.6 Å². The predicted molar refractivity (Wildman–Crippen MR) is 164 cm³/mol. The molecule has 15 heteroatoms. The molecule has 0 saturated heterocycles. The highest BCUT2D eigenvalue weighted by molar-refractivity contribution is 6.61. The van der Waals surface area contributed by atoms with E-state index in [0.29, 0.717) is 96.6 Å². The van der Waals surface area contributed by atoms with Crippen molar-refractivity contribution in [1.29, 1.82) is 0 Å². The van der Waals surface area contributed by atoms with Crippen molar-refractivity contribution in [1.82, 2.24) is 10.0 Å². The molecule has 13 nitrogen and oxygen atoms in total. The lowest BCUT2D eigenvalue weighted by molar-refractivity contribution is 0.00347. The second kappa shape index (κ2) is 21.0. The van der Waals surface area contributed by atoms with Crippen LogP contribution in [-0.2, 0) is 26.6 Å². The van der Waals surface area contributed by atoms with Crippen molar-refractivity contribution < 1.29 is 26.6 Å². The van der Waals surface area contributed by atoms with E-state index in [1.807, 2.05) is 46.6 Å². The summed E-state index contributed by atoms with van der Waals surface area (Å²) in [4.78, 5) is 9.42. The summed E-state index contributed by atoms with van der Waals surface area (Å²) < 4.78 is 36.5. The smallest absolute Gasteiger partial charge is 0.374 e. The van der Waals surface area contributed by atoms with E-state index < -0.39 is 23.9 Å². The van der Waals surface area contributed by atoms with Gasteiger partial charge in [0.05, 0.1) is 0 Å². The molecule has 40 heavy (non-hydrogen) atoms. The van der Waals surface area contributed by atoms with Gasteiger partial charge in [-0.05, 0) is 67.5 Å². The van der Waals surface area contributed by atoms with Crippen LogP contribution in [0.1, 0.15) is 67.2 Å². The van der Waals surface area contributed by atoms with Gasteiger partial charge in [-0.2, -0.15) is 0 Å². The van der Waals surface area contributed by atoms with Crippen molar-refractivity contribution in [2.45, 2.75) is 85.6 Å². The molecular formula is C25H57N7O6Si2. The predicted octanol–water partition coefficient (Wildman–Crippen LogP) is 2.13. The number of nitrogens with two attached hydrogens (primary N) is 3. The Morgan fingerprint density at radius 3 is 1.45 bits per heavy atom. The average molecular weight is 608 g/mol. The monoisotopic (exact) mass is 607 g/mol. The number of hydrogen-bond donors (Lipinski definition) is 3. The lowest BCUT2D eigenvalue weighted by Crippen LogP contribution is -2.58. The third-order valence-electron chi connectivity index (χ3n) is 6.08. The Balaban J connectivity index is 3.21. The Labute approximate surface area is 244 Å². The lowest BCUT2D eigenvalue weighted by atomic mass is 10.3. The summed E-state index contributed by atoms with van der Waals surface area (Å²) in [5.74, 6) is 1.44. The van der Waals surface area contributed by atoms with Crippen LogP contribution in [-0.4, -0.2) is 111 Å². The molecule has 236 valence electrons. The summed E-state index contributed by atoms with van der Waals surface area (Å²) in [5, 5.41) is 4.18. The highest BCUT2D eigenvalue weighted by atomic mass is 28.4. The van der Waals surface area contributed by atoms with Crippen molar-refractivity contribution in [2.75, 3.05) is 65.8 Å². The molecule has 0 aromatic carbocycles. The Kier molecular flexibility index (Phi) is 19.5. The first-order valence-corrected chi connectivity index (χ1v) is 18.9. The summed E-state index contributed by atoms with van der Waals surface area (Å²) >= 11 is 0. The molecule has 0 fully saturated rings. The maximum absolute atomic E-state index is 6.63. The van der Waals surface area contributed by atoms with E-state index in [1.54, 1.807) is 0 Å². The molecule has 0 spiro atoms. The number of aliphatic imine (C=N–C) groups is 2. The molecule has 1 atom stereocenters. The molecule has 1 heterocycles. The molecule has 0 aromatic heterocycles. The number of hydrazine groups is 1. The zero-order chi connectivity index (χ0) is 29.9.